The predicted octanol–water partition coefficient (Wildman–Crippen LogP) is 4.13. The van der Waals surface area contributed by atoms with Gasteiger partial charge in [-0.05, 0) is 54.5 Å². The van der Waals surface area contributed by atoms with E-state index in [1.807, 2.05) is 22.6 Å². The number of nitrogens with zero attached hydrogens (tertiary/aromatic N) is 2. The van der Waals surface area contributed by atoms with Crippen LogP contribution in [0.2, 0.25) is 5.02 Å². The molecule has 1 atom stereocenters. The highest BCUT2D eigenvalue weighted by Gasteiger charge is 2.48. The molecule has 142 valence electrons. The minimum Gasteiger partial charge on any atom is -0.462 e. The fraction of sp³-hybridized carbons (Fsp3) is 0.556. The molecule has 1 aliphatic carbocycles. The van der Waals surface area contributed by atoms with E-state index in [4.69, 9.17) is 16.3 Å². The van der Waals surface area contributed by atoms with E-state index in [0.29, 0.717) is 9.41 Å². The molecule has 0 saturated heterocycles. The highest BCUT2D eigenvalue weighted by Crippen LogP contribution is 2.39. The molecule has 1 fully saturated rings. The maximum absolute atomic E-state index is 14.8. The Hall–Kier alpha value is -0.930. The summed E-state index contributed by atoms with van der Waals surface area (Å²) in [6, 6.07) is 3.20. The average molecular weight is 495 g/mol. The van der Waals surface area contributed by atoms with Crippen LogP contribution in [-0.2, 0) is 9.53 Å². The summed E-state index contributed by atoms with van der Waals surface area (Å²) in [4.78, 5) is 18.2. The van der Waals surface area contributed by atoms with Gasteiger partial charge in [-0.3, -0.25) is 0 Å². The monoisotopic (exact) mass is 494 g/mol. The quantitative estimate of drug-likeness (QED) is 0.388. The zero-order valence-electron chi connectivity index (χ0n) is 14.5. The predicted molar refractivity (Wildman–Crippen MR) is 107 cm³/mol. The van der Waals surface area contributed by atoms with Crippen LogP contribution in [0.3, 0.4) is 0 Å². The third-order valence-corrected chi connectivity index (χ3v) is 5.98. The molecule has 0 amide bonds. The Bertz CT molecular complexity index is 739. The minimum absolute atomic E-state index is 0.00464. The van der Waals surface area contributed by atoms with E-state index >= 15 is 0 Å². The summed E-state index contributed by atoms with van der Waals surface area (Å²) >= 11 is 8.01. The first-order valence-electron chi connectivity index (χ1n) is 8.77. The molecule has 0 spiro atoms. The molecule has 3 rings (SSSR count). The Morgan fingerprint density at radius 3 is 2.81 bits per heavy atom. The van der Waals surface area contributed by atoms with E-state index in [1.54, 1.807) is 17.9 Å². The molecule has 8 heteroatoms. The fourth-order valence-corrected chi connectivity index (χ4v) is 4.43. The van der Waals surface area contributed by atoms with Gasteiger partial charge in [-0.15, -0.1) is 0 Å². The summed E-state index contributed by atoms with van der Waals surface area (Å²) in [5.41, 5.74) is -1.77. The molecular weight excluding hydrogens is 474 g/mol. The highest BCUT2D eigenvalue weighted by atomic mass is 127. The van der Waals surface area contributed by atoms with E-state index in [9.17, 15) is 14.3 Å². The van der Waals surface area contributed by atoms with Gasteiger partial charge in [0.15, 0.2) is 5.82 Å². The van der Waals surface area contributed by atoms with Crippen molar-refractivity contribution in [3.63, 3.8) is 0 Å². The average Bonchev–Trinajstić information content (AvgIpc) is 2.98. The van der Waals surface area contributed by atoms with Crippen LogP contribution in [0.25, 0.3) is 0 Å². The van der Waals surface area contributed by atoms with Crippen LogP contribution in [0, 0.1) is 15.3 Å². The number of carbonyl (C=O) groups is 1. The summed E-state index contributed by atoms with van der Waals surface area (Å²) in [6.07, 6.45) is 5.03. The maximum Gasteiger partial charge on any atom is 0.363 e. The lowest BCUT2D eigenvalue weighted by atomic mass is 9.88. The second kappa shape index (κ2) is 7.98. The van der Waals surface area contributed by atoms with Crippen LogP contribution in [0.4, 0.5) is 10.1 Å². The van der Waals surface area contributed by atoms with Crippen molar-refractivity contribution in [3.8, 4) is 0 Å². The molecule has 1 heterocycles. The van der Waals surface area contributed by atoms with Crippen molar-refractivity contribution in [1.82, 2.24) is 0 Å². The number of anilines is 1. The van der Waals surface area contributed by atoms with Gasteiger partial charge in [-0.25, -0.2) is 14.2 Å². The molecule has 26 heavy (non-hydrogen) atoms. The molecule has 0 radical (unpaired) electrons. The first-order valence-corrected chi connectivity index (χ1v) is 10.2. The summed E-state index contributed by atoms with van der Waals surface area (Å²) in [6.45, 7) is 1.63. The molecule has 1 aromatic rings. The Labute approximate surface area is 170 Å². The summed E-state index contributed by atoms with van der Waals surface area (Å²) < 4.78 is 20.5. The number of hydrogen-bond acceptors (Lipinski definition) is 5. The van der Waals surface area contributed by atoms with Crippen molar-refractivity contribution >= 4 is 51.7 Å². The lowest BCUT2D eigenvalue weighted by molar-refractivity contribution is -0.162. The van der Waals surface area contributed by atoms with E-state index in [0.717, 1.165) is 32.1 Å². The lowest BCUT2D eigenvalue weighted by Crippen LogP contribution is -2.44. The smallest absolute Gasteiger partial charge is 0.363 e. The topological polar surface area (TPSA) is 62.1 Å². The normalized spacial score (nSPS) is 23.9. The van der Waals surface area contributed by atoms with Gasteiger partial charge in [-0.2, -0.15) is 0 Å². The van der Waals surface area contributed by atoms with E-state index < -0.39 is 17.5 Å². The summed E-state index contributed by atoms with van der Waals surface area (Å²) in [7, 11) is 0. The molecule has 1 saturated carbocycles. The Kier molecular flexibility index (Phi) is 6.08. The van der Waals surface area contributed by atoms with Crippen LogP contribution in [-0.4, -0.2) is 35.8 Å². The summed E-state index contributed by atoms with van der Waals surface area (Å²) in [5.74, 6) is -0.774. The molecule has 1 unspecified atom stereocenters. The van der Waals surface area contributed by atoms with Crippen molar-refractivity contribution in [2.75, 3.05) is 18.1 Å². The van der Waals surface area contributed by atoms with Gasteiger partial charge >= 0.3 is 5.97 Å². The molecule has 1 N–H and O–H groups in total. The summed E-state index contributed by atoms with van der Waals surface area (Å²) in [5, 5.41) is 10.8. The number of ether oxygens (including phenoxy) is 1. The Morgan fingerprint density at radius 2 is 2.15 bits per heavy atom. The van der Waals surface area contributed by atoms with Crippen molar-refractivity contribution < 1.29 is 19.0 Å². The second-order valence-electron chi connectivity index (χ2n) is 6.62. The van der Waals surface area contributed by atoms with Gasteiger partial charge < -0.3 is 14.7 Å². The minimum atomic E-state index is -2.03. The first kappa shape index (κ1) is 19.8. The zero-order chi connectivity index (χ0) is 18.9. The zero-order valence-corrected chi connectivity index (χ0v) is 17.4. The maximum atomic E-state index is 14.8. The first-order chi connectivity index (χ1) is 12.4. The van der Waals surface area contributed by atoms with Crippen LogP contribution in [0.15, 0.2) is 17.1 Å². The number of benzene rings is 1. The molecule has 0 aromatic heterocycles. The van der Waals surface area contributed by atoms with Crippen molar-refractivity contribution in [2.45, 2.75) is 44.8 Å². The standard InChI is InChI=1S/C18H21ClFIN2O3/c1-2-26-17(24)18(25)10-23(15-13(21)9-8-12(19)14(15)20)16(22-18)11-6-4-3-5-7-11/h8-9,11,25H,2-7,10H2,1H3. The van der Waals surface area contributed by atoms with Gasteiger partial charge in [0, 0.05) is 9.49 Å². The van der Waals surface area contributed by atoms with Crippen LogP contribution < -0.4 is 4.90 Å². The molecular formula is C18H21ClFIN2O3. The molecule has 1 aliphatic heterocycles. The van der Waals surface area contributed by atoms with E-state index in [2.05, 4.69) is 4.99 Å². The number of amidine groups is 1. The number of halogens is 3. The third-order valence-electron chi connectivity index (χ3n) is 4.82. The molecule has 5 nitrogen and oxygen atoms in total. The Balaban J connectivity index is 2.05. The van der Waals surface area contributed by atoms with E-state index in [-0.39, 0.29) is 29.8 Å². The third kappa shape index (κ3) is 3.71. The van der Waals surface area contributed by atoms with Gasteiger partial charge in [0.05, 0.1) is 23.9 Å². The number of rotatable bonds is 4. The highest BCUT2D eigenvalue weighted by molar-refractivity contribution is 14.1. The molecule has 0 bridgehead atoms. The molecule has 2 aliphatic rings. The van der Waals surface area contributed by atoms with Gasteiger partial charge in [-0.1, -0.05) is 30.9 Å². The van der Waals surface area contributed by atoms with Crippen LogP contribution >= 0.6 is 34.2 Å². The van der Waals surface area contributed by atoms with Gasteiger partial charge in [0.1, 0.15) is 5.84 Å². The van der Waals surface area contributed by atoms with E-state index in [1.165, 1.54) is 6.07 Å². The SMILES string of the molecule is CCOC(=O)C1(O)CN(c2c(I)ccc(Cl)c2F)C(C2CCCCC2)=N1. The van der Waals surface area contributed by atoms with Gasteiger partial charge in [0.2, 0.25) is 0 Å². The Morgan fingerprint density at radius 1 is 1.46 bits per heavy atom. The number of esters is 1. The van der Waals surface area contributed by atoms with Crippen molar-refractivity contribution in [2.24, 2.45) is 10.9 Å². The van der Waals surface area contributed by atoms with Gasteiger partial charge in [0.25, 0.3) is 5.72 Å². The number of hydrogen-bond donors (Lipinski definition) is 1. The second-order valence-corrected chi connectivity index (χ2v) is 8.19. The van der Waals surface area contributed by atoms with Crippen molar-refractivity contribution in [1.29, 1.82) is 0 Å². The van der Waals surface area contributed by atoms with Crippen molar-refractivity contribution in [3.05, 3.63) is 26.5 Å². The van der Waals surface area contributed by atoms with Crippen LogP contribution in [0.1, 0.15) is 39.0 Å². The fourth-order valence-electron chi connectivity index (χ4n) is 3.57. The number of β-amino-alcohol motifs (C(OH)–C–C–N with tert-alkyl or cyclic N) is 1. The molecule has 1 aromatic carbocycles. The number of carbonyl (C=O) groups excluding carboxylic acids is 1. The lowest BCUT2D eigenvalue weighted by Gasteiger charge is -2.30. The number of aliphatic imine (C=N–C) groups is 1. The largest absolute Gasteiger partial charge is 0.462 e. The van der Waals surface area contributed by atoms with Crippen LogP contribution in [0.5, 0.6) is 0 Å². The number of aliphatic hydroxyl groups is 1.